The highest BCUT2D eigenvalue weighted by Crippen LogP contribution is 2.28. The van der Waals surface area contributed by atoms with Gasteiger partial charge in [-0.15, -0.1) is 0 Å². The Bertz CT molecular complexity index is 713. The number of aromatic carboxylic acids is 1. The SMILES string of the molecule is CN(C)c1ncc(CN2CCCC(c3ccc(C(=O)O)cc3)C2)cn1. The first-order chi connectivity index (χ1) is 12.0. The van der Waals surface area contributed by atoms with Crippen LogP contribution < -0.4 is 4.90 Å². The van der Waals surface area contributed by atoms with E-state index in [1.807, 2.05) is 43.5 Å². The minimum absolute atomic E-state index is 0.342. The second kappa shape index (κ2) is 7.61. The largest absolute Gasteiger partial charge is 0.478 e. The molecular formula is C19H24N4O2. The molecule has 1 atom stereocenters. The van der Waals surface area contributed by atoms with Crippen molar-refractivity contribution in [1.29, 1.82) is 0 Å². The van der Waals surface area contributed by atoms with Gasteiger partial charge in [-0.25, -0.2) is 14.8 Å². The standard InChI is InChI=1S/C19H24N4O2/c1-22(2)19-20-10-14(11-21-19)12-23-9-3-4-17(13-23)15-5-7-16(8-6-15)18(24)25/h5-8,10-11,17H,3-4,9,12-13H2,1-2H3,(H,24,25). The Morgan fingerprint density at radius 1 is 1.24 bits per heavy atom. The Hall–Kier alpha value is -2.47. The van der Waals surface area contributed by atoms with E-state index in [0.717, 1.165) is 44.0 Å². The lowest BCUT2D eigenvalue weighted by molar-refractivity contribution is 0.0697. The van der Waals surface area contributed by atoms with Crippen LogP contribution in [0.15, 0.2) is 36.7 Å². The van der Waals surface area contributed by atoms with Crippen molar-refractivity contribution in [2.24, 2.45) is 0 Å². The zero-order valence-electron chi connectivity index (χ0n) is 14.7. The number of carbonyl (C=O) groups is 1. The molecule has 1 fully saturated rings. The predicted molar refractivity (Wildman–Crippen MR) is 97.0 cm³/mol. The van der Waals surface area contributed by atoms with Gasteiger partial charge < -0.3 is 10.0 Å². The number of carboxylic acids is 1. The first kappa shape index (κ1) is 17.4. The number of piperidine rings is 1. The molecule has 0 aliphatic carbocycles. The summed E-state index contributed by atoms with van der Waals surface area (Å²) in [5.74, 6) is 0.287. The monoisotopic (exact) mass is 340 g/mol. The summed E-state index contributed by atoms with van der Waals surface area (Å²) in [6.45, 7) is 2.89. The van der Waals surface area contributed by atoms with Crippen LogP contribution in [0.3, 0.4) is 0 Å². The lowest BCUT2D eigenvalue weighted by atomic mass is 9.90. The number of aromatic nitrogens is 2. The van der Waals surface area contributed by atoms with Crippen LogP contribution in [0.4, 0.5) is 5.95 Å². The minimum Gasteiger partial charge on any atom is -0.478 e. The van der Waals surface area contributed by atoms with Gasteiger partial charge in [0.25, 0.3) is 0 Å². The summed E-state index contributed by atoms with van der Waals surface area (Å²) in [6, 6.07) is 7.30. The first-order valence-corrected chi connectivity index (χ1v) is 8.57. The van der Waals surface area contributed by atoms with Crippen molar-refractivity contribution in [2.45, 2.75) is 25.3 Å². The van der Waals surface area contributed by atoms with E-state index in [-0.39, 0.29) is 0 Å². The predicted octanol–water partition coefficient (Wildman–Crippen LogP) is 2.62. The van der Waals surface area contributed by atoms with Crippen molar-refractivity contribution in [3.05, 3.63) is 53.3 Å². The van der Waals surface area contributed by atoms with Crippen LogP contribution in [-0.4, -0.2) is 53.1 Å². The van der Waals surface area contributed by atoms with Crippen molar-refractivity contribution >= 4 is 11.9 Å². The fourth-order valence-corrected chi connectivity index (χ4v) is 3.29. The van der Waals surface area contributed by atoms with E-state index in [1.165, 1.54) is 5.56 Å². The smallest absolute Gasteiger partial charge is 0.335 e. The molecular weight excluding hydrogens is 316 g/mol. The van der Waals surface area contributed by atoms with Crippen molar-refractivity contribution in [3.63, 3.8) is 0 Å². The molecule has 1 aromatic carbocycles. The van der Waals surface area contributed by atoms with Gasteiger partial charge in [-0.1, -0.05) is 12.1 Å². The van der Waals surface area contributed by atoms with Crippen molar-refractivity contribution in [3.8, 4) is 0 Å². The molecule has 1 aromatic heterocycles. The Labute approximate surface area is 148 Å². The third-order valence-corrected chi connectivity index (χ3v) is 4.63. The average molecular weight is 340 g/mol. The highest BCUT2D eigenvalue weighted by Gasteiger charge is 2.21. The minimum atomic E-state index is -0.877. The fraction of sp³-hybridized carbons (Fsp3) is 0.421. The highest BCUT2D eigenvalue weighted by molar-refractivity contribution is 5.87. The van der Waals surface area contributed by atoms with Gasteiger partial charge in [0.05, 0.1) is 5.56 Å². The highest BCUT2D eigenvalue weighted by atomic mass is 16.4. The summed E-state index contributed by atoms with van der Waals surface area (Å²) in [5.41, 5.74) is 2.68. The summed E-state index contributed by atoms with van der Waals surface area (Å²) in [4.78, 5) is 24.1. The lowest BCUT2D eigenvalue weighted by Gasteiger charge is -2.33. The van der Waals surface area contributed by atoms with E-state index < -0.39 is 5.97 Å². The van der Waals surface area contributed by atoms with Gasteiger partial charge >= 0.3 is 5.97 Å². The van der Waals surface area contributed by atoms with E-state index in [0.29, 0.717) is 11.5 Å². The quantitative estimate of drug-likeness (QED) is 0.902. The van der Waals surface area contributed by atoms with E-state index in [1.54, 1.807) is 12.1 Å². The molecule has 0 spiro atoms. The van der Waals surface area contributed by atoms with Crippen LogP contribution in [0.25, 0.3) is 0 Å². The second-order valence-electron chi connectivity index (χ2n) is 6.79. The number of benzene rings is 1. The van der Waals surface area contributed by atoms with Gasteiger partial charge in [0.2, 0.25) is 5.95 Å². The van der Waals surface area contributed by atoms with Crippen LogP contribution in [0, 0.1) is 0 Å². The Kier molecular flexibility index (Phi) is 5.28. The van der Waals surface area contributed by atoms with Gasteiger partial charge in [-0.2, -0.15) is 0 Å². The van der Waals surface area contributed by atoms with Crippen molar-refractivity contribution in [2.75, 3.05) is 32.1 Å². The van der Waals surface area contributed by atoms with Crippen molar-refractivity contribution in [1.82, 2.24) is 14.9 Å². The number of anilines is 1. The maximum absolute atomic E-state index is 11.0. The van der Waals surface area contributed by atoms with E-state index in [4.69, 9.17) is 5.11 Å². The lowest BCUT2D eigenvalue weighted by Crippen LogP contribution is -2.34. The van der Waals surface area contributed by atoms with Crippen LogP contribution in [0.1, 0.15) is 40.2 Å². The fourth-order valence-electron chi connectivity index (χ4n) is 3.29. The number of rotatable bonds is 5. The molecule has 1 unspecified atom stereocenters. The molecule has 1 aliphatic heterocycles. The molecule has 0 radical (unpaired) electrons. The summed E-state index contributed by atoms with van der Waals surface area (Å²) in [6.07, 6.45) is 6.07. The third kappa shape index (κ3) is 4.33. The van der Waals surface area contributed by atoms with Gasteiger partial charge in [0.1, 0.15) is 0 Å². The molecule has 6 heteroatoms. The normalized spacial score (nSPS) is 18.1. The molecule has 3 rings (SSSR count). The maximum atomic E-state index is 11.0. The molecule has 0 bridgehead atoms. The van der Waals surface area contributed by atoms with Gasteiger partial charge in [0, 0.05) is 45.1 Å². The Morgan fingerprint density at radius 3 is 2.52 bits per heavy atom. The molecule has 1 saturated heterocycles. The molecule has 0 saturated carbocycles. The van der Waals surface area contributed by atoms with Crippen LogP contribution in [0.2, 0.25) is 0 Å². The maximum Gasteiger partial charge on any atom is 0.335 e. The molecule has 1 aliphatic rings. The number of nitrogens with zero attached hydrogens (tertiary/aromatic N) is 4. The van der Waals surface area contributed by atoms with Gasteiger partial charge in [-0.05, 0) is 43.0 Å². The Balaban J connectivity index is 1.63. The number of carboxylic acid groups (broad SMARTS) is 1. The molecule has 6 nitrogen and oxygen atoms in total. The van der Waals surface area contributed by atoms with E-state index >= 15 is 0 Å². The first-order valence-electron chi connectivity index (χ1n) is 8.57. The molecule has 0 amide bonds. The van der Waals surface area contributed by atoms with E-state index in [2.05, 4.69) is 14.9 Å². The van der Waals surface area contributed by atoms with Gasteiger partial charge in [0.15, 0.2) is 0 Å². The number of hydrogen-bond acceptors (Lipinski definition) is 5. The van der Waals surface area contributed by atoms with Crippen LogP contribution in [-0.2, 0) is 6.54 Å². The van der Waals surface area contributed by atoms with E-state index in [9.17, 15) is 4.79 Å². The van der Waals surface area contributed by atoms with Gasteiger partial charge in [-0.3, -0.25) is 4.90 Å². The summed E-state index contributed by atoms with van der Waals surface area (Å²) in [5, 5.41) is 9.02. The molecule has 2 heterocycles. The third-order valence-electron chi connectivity index (χ3n) is 4.63. The molecule has 132 valence electrons. The summed E-state index contributed by atoms with van der Waals surface area (Å²) < 4.78 is 0. The number of hydrogen-bond donors (Lipinski definition) is 1. The second-order valence-corrected chi connectivity index (χ2v) is 6.79. The van der Waals surface area contributed by atoms with Crippen LogP contribution >= 0.6 is 0 Å². The molecule has 25 heavy (non-hydrogen) atoms. The zero-order valence-corrected chi connectivity index (χ0v) is 14.7. The zero-order chi connectivity index (χ0) is 17.8. The van der Waals surface area contributed by atoms with Crippen molar-refractivity contribution < 1.29 is 9.90 Å². The Morgan fingerprint density at radius 2 is 1.92 bits per heavy atom. The summed E-state index contributed by atoms with van der Waals surface area (Å²) in [7, 11) is 3.86. The topological polar surface area (TPSA) is 69.6 Å². The molecule has 1 N–H and O–H groups in total. The van der Waals surface area contributed by atoms with Crippen LogP contribution in [0.5, 0.6) is 0 Å². The number of likely N-dealkylation sites (tertiary alicyclic amines) is 1. The summed E-state index contributed by atoms with van der Waals surface area (Å²) >= 11 is 0. The average Bonchev–Trinajstić information content (AvgIpc) is 2.62. The molecule has 2 aromatic rings.